The standard InChI is InChI=1S/C59H108N6O27/c1-38(69)63-50-44(29-41(32-66)53(75)56(50)78)90-26-23-84-20-17-81-14-8-60-47(72)5-11-87-35-59(4,36-88-12-6-48(73)61-9-15-82-18-21-85-24-27-91-45-30-42(33-67)54(76)57(79)51(45)64-39(2)70)37-89-13-7-49(74)62-10-16-83-19-22-86-25-28-92-46-31-43(34-68)55(77)58(80)52(46)65-40(3)71/h41-46,50-58,66-68,75-80H,5-37H2,1-4H3,(H,60,72)(H,61,73)(H,62,74)(H,63,69)(H,64,70)(H,65,71). The van der Waals surface area contributed by atoms with Gasteiger partial charge in [-0.3, -0.25) is 28.8 Å². The number of aliphatic hydroxyl groups excluding tert-OH is 9. The van der Waals surface area contributed by atoms with E-state index < -0.39 is 114 Å². The summed E-state index contributed by atoms with van der Waals surface area (Å²) in [6.07, 6.45) is -8.66. The van der Waals surface area contributed by atoms with Gasteiger partial charge in [0, 0.05) is 103 Å². The molecule has 3 saturated carbocycles. The number of carbonyl (C=O) groups excluding carboxylic acids is 6. The minimum absolute atomic E-state index is 0.0439. The van der Waals surface area contributed by atoms with Crippen molar-refractivity contribution in [3.8, 4) is 0 Å². The normalized spacial score (nSPS) is 27.2. The molecule has 15 atom stereocenters. The Balaban J connectivity index is 1.31. The van der Waals surface area contributed by atoms with Gasteiger partial charge in [0.25, 0.3) is 0 Å². The number of hydrogen-bond donors (Lipinski definition) is 15. The van der Waals surface area contributed by atoms with Crippen molar-refractivity contribution in [2.24, 2.45) is 23.2 Å². The molecule has 0 aromatic carbocycles. The number of amides is 6. The SMILES string of the molecule is CC(=O)NC1C(OCCOCCOCCNC(=O)CCOCC(C)(COCCC(=O)NCCOCCOCCOC2CC(CO)C(O)C(O)C2NC(C)=O)COCCC(=O)NCCOCCOCCOC2CC(CO)C(O)C(O)C2NC(C)=O)CC(CO)C(O)C1O. The highest BCUT2D eigenvalue weighted by Gasteiger charge is 2.47. The quantitative estimate of drug-likeness (QED) is 0.0252. The minimum Gasteiger partial charge on any atom is -0.396 e. The van der Waals surface area contributed by atoms with Crippen molar-refractivity contribution in [1.29, 1.82) is 0 Å². The van der Waals surface area contributed by atoms with Crippen molar-refractivity contribution in [1.82, 2.24) is 31.9 Å². The third-order valence-electron chi connectivity index (χ3n) is 15.5. The van der Waals surface area contributed by atoms with Gasteiger partial charge in [-0.1, -0.05) is 6.92 Å². The van der Waals surface area contributed by atoms with Gasteiger partial charge in [0.15, 0.2) is 0 Å². The Hall–Kier alpha value is -4.02. The van der Waals surface area contributed by atoms with Gasteiger partial charge in [-0.25, -0.2) is 0 Å². The molecule has 536 valence electrons. The second-order valence-corrected chi connectivity index (χ2v) is 23.3. The first-order chi connectivity index (χ1) is 44.1. The number of hydrogen-bond acceptors (Lipinski definition) is 27. The number of carbonyl (C=O) groups is 6. The fourth-order valence-corrected chi connectivity index (χ4v) is 10.6. The Morgan fingerprint density at radius 1 is 0.348 bits per heavy atom. The van der Waals surface area contributed by atoms with Crippen molar-refractivity contribution in [2.75, 3.05) is 178 Å². The predicted molar refractivity (Wildman–Crippen MR) is 322 cm³/mol. The van der Waals surface area contributed by atoms with Crippen LogP contribution >= 0.6 is 0 Å². The number of nitrogens with one attached hydrogen (secondary N) is 6. The number of rotatable bonds is 51. The Morgan fingerprint density at radius 2 is 0.587 bits per heavy atom. The van der Waals surface area contributed by atoms with E-state index in [9.17, 15) is 74.7 Å². The van der Waals surface area contributed by atoms with Gasteiger partial charge in [0.2, 0.25) is 35.4 Å². The van der Waals surface area contributed by atoms with Gasteiger partial charge < -0.3 is 135 Å². The average molecular weight is 1330 g/mol. The van der Waals surface area contributed by atoms with Crippen LogP contribution in [0.15, 0.2) is 0 Å². The van der Waals surface area contributed by atoms with Gasteiger partial charge in [0.05, 0.1) is 193 Å². The predicted octanol–water partition coefficient (Wildman–Crippen LogP) is -6.47. The molecule has 3 rings (SSSR count). The maximum absolute atomic E-state index is 12.6. The zero-order valence-electron chi connectivity index (χ0n) is 53.9. The second kappa shape index (κ2) is 47.8. The van der Waals surface area contributed by atoms with Crippen LogP contribution in [0.5, 0.6) is 0 Å². The maximum atomic E-state index is 12.6. The fraction of sp³-hybridized carbons (Fsp3) is 0.898. The molecule has 3 aliphatic carbocycles. The lowest BCUT2D eigenvalue weighted by Crippen LogP contribution is -2.61. The molecule has 15 unspecified atom stereocenters. The molecule has 0 saturated heterocycles. The first-order valence-electron chi connectivity index (χ1n) is 31.7. The molecule has 0 bridgehead atoms. The topological polar surface area (TPSA) is 467 Å². The third-order valence-corrected chi connectivity index (χ3v) is 15.5. The molecule has 33 heteroatoms. The van der Waals surface area contributed by atoms with Crippen molar-refractivity contribution in [2.45, 2.75) is 139 Å². The molecule has 33 nitrogen and oxygen atoms in total. The van der Waals surface area contributed by atoms with E-state index in [-0.39, 0.29) is 234 Å². The summed E-state index contributed by atoms with van der Waals surface area (Å²) >= 11 is 0. The van der Waals surface area contributed by atoms with Crippen molar-refractivity contribution in [3.05, 3.63) is 0 Å². The molecule has 0 aromatic heterocycles. The van der Waals surface area contributed by atoms with E-state index >= 15 is 0 Å². The molecule has 0 radical (unpaired) electrons. The molecular weight excluding hydrogens is 1220 g/mol. The molecule has 15 N–H and O–H groups in total. The zero-order chi connectivity index (χ0) is 67.7. The van der Waals surface area contributed by atoms with Crippen LogP contribution in [0.1, 0.15) is 66.2 Å². The van der Waals surface area contributed by atoms with E-state index in [1.807, 2.05) is 6.92 Å². The van der Waals surface area contributed by atoms with Crippen LogP contribution in [0.2, 0.25) is 0 Å². The van der Waals surface area contributed by atoms with Crippen LogP contribution in [-0.2, 0) is 85.6 Å². The van der Waals surface area contributed by atoms with E-state index in [0.717, 1.165) is 0 Å². The number of aliphatic hydroxyl groups is 9. The monoisotopic (exact) mass is 1330 g/mol. The Morgan fingerprint density at radius 3 is 0.826 bits per heavy atom. The highest BCUT2D eigenvalue weighted by Crippen LogP contribution is 2.30. The molecule has 92 heavy (non-hydrogen) atoms. The molecule has 0 heterocycles. The van der Waals surface area contributed by atoms with Gasteiger partial charge in [-0.15, -0.1) is 0 Å². The first-order valence-corrected chi connectivity index (χ1v) is 31.7. The van der Waals surface area contributed by atoms with Gasteiger partial charge in [0.1, 0.15) is 18.3 Å². The van der Waals surface area contributed by atoms with Crippen LogP contribution < -0.4 is 31.9 Å². The van der Waals surface area contributed by atoms with Gasteiger partial charge >= 0.3 is 0 Å². The Bertz CT molecular complexity index is 1830. The van der Waals surface area contributed by atoms with E-state index in [4.69, 9.17) is 56.8 Å². The highest BCUT2D eigenvalue weighted by molar-refractivity contribution is 5.77. The Kier molecular flexibility index (Phi) is 42.7. The lowest BCUT2D eigenvalue weighted by molar-refractivity contribution is -0.145. The highest BCUT2D eigenvalue weighted by atomic mass is 16.6. The molecule has 6 amide bonds. The molecular formula is C59H108N6O27. The Labute approximate surface area is 538 Å². The molecule has 0 aliphatic heterocycles. The molecule has 3 aliphatic rings. The van der Waals surface area contributed by atoms with Crippen LogP contribution in [-0.4, -0.2) is 333 Å². The summed E-state index contributed by atoms with van der Waals surface area (Å²) in [7, 11) is 0. The van der Waals surface area contributed by atoms with E-state index in [1.165, 1.54) is 20.8 Å². The number of ether oxygens (including phenoxy) is 12. The fourth-order valence-electron chi connectivity index (χ4n) is 10.6. The first kappa shape index (κ1) is 82.2. The summed E-state index contributed by atoms with van der Waals surface area (Å²) in [5, 5.41) is 107. The summed E-state index contributed by atoms with van der Waals surface area (Å²) in [5.41, 5.74) is -0.754. The molecule has 3 fully saturated rings. The van der Waals surface area contributed by atoms with Crippen LogP contribution in [0.3, 0.4) is 0 Å². The summed E-state index contributed by atoms with van der Waals surface area (Å²) < 4.78 is 68.6. The van der Waals surface area contributed by atoms with Crippen molar-refractivity contribution >= 4 is 35.4 Å². The second-order valence-electron chi connectivity index (χ2n) is 23.3. The van der Waals surface area contributed by atoms with Crippen molar-refractivity contribution in [3.63, 3.8) is 0 Å². The molecule has 0 aromatic rings. The van der Waals surface area contributed by atoms with Crippen molar-refractivity contribution < 1.29 is 132 Å². The van der Waals surface area contributed by atoms with Crippen LogP contribution in [0, 0.1) is 23.2 Å². The third kappa shape index (κ3) is 33.1. The average Bonchev–Trinajstić information content (AvgIpc) is 0.853. The van der Waals surface area contributed by atoms with E-state index in [2.05, 4.69) is 31.9 Å². The smallest absolute Gasteiger partial charge is 0.222 e. The summed E-state index contributed by atoms with van der Waals surface area (Å²) in [5.74, 6) is -3.83. The van der Waals surface area contributed by atoms with E-state index in [1.54, 1.807) is 0 Å². The van der Waals surface area contributed by atoms with Crippen LogP contribution in [0.4, 0.5) is 0 Å². The lowest BCUT2D eigenvalue weighted by atomic mass is 9.79. The van der Waals surface area contributed by atoms with Gasteiger partial charge in [-0.05, 0) is 19.3 Å². The largest absolute Gasteiger partial charge is 0.396 e. The zero-order valence-corrected chi connectivity index (χ0v) is 53.9. The van der Waals surface area contributed by atoms with E-state index in [0.29, 0.717) is 0 Å². The summed E-state index contributed by atoms with van der Waals surface area (Å²) in [6, 6.07) is -2.54. The minimum atomic E-state index is -1.31. The van der Waals surface area contributed by atoms with Crippen LogP contribution in [0.25, 0.3) is 0 Å². The lowest BCUT2D eigenvalue weighted by Gasteiger charge is -2.42. The molecule has 0 spiro atoms. The maximum Gasteiger partial charge on any atom is 0.222 e. The summed E-state index contributed by atoms with van der Waals surface area (Å²) in [6.45, 7) is 8.86. The van der Waals surface area contributed by atoms with Gasteiger partial charge in [-0.2, -0.15) is 0 Å². The summed E-state index contributed by atoms with van der Waals surface area (Å²) in [4.78, 5) is 72.9.